The van der Waals surface area contributed by atoms with Crippen LogP contribution in [0.1, 0.15) is 51.4 Å². The van der Waals surface area contributed by atoms with E-state index in [-0.39, 0.29) is 11.8 Å². The summed E-state index contributed by atoms with van der Waals surface area (Å²) in [5.74, 6) is 0.0135. The molecule has 0 saturated carbocycles. The molecule has 0 saturated heterocycles. The minimum Gasteiger partial charge on any atom is -0.339 e. The number of hydrogen-bond donors (Lipinski definition) is 1. The zero-order valence-electron chi connectivity index (χ0n) is 13.7. The van der Waals surface area contributed by atoms with Crippen molar-refractivity contribution in [1.82, 2.24) is 4.90 Å². The number of rotatable bonds is 6. The third kappa shape index (κ3) is 4.31. The molecular formula is C17H26N2O2. The maximum absolute atomic E-state index is 12.2. The number of carbonyl (C=O) groups excluding carboxylic acids is 2. The van der Waals surface area contributed by atoms with Gasteiger partial charge in [0.25, 0.3) is 5.91 Å². The van der Waals surface area contributed by atoms with Gasteiger partial charge in [-0.1, -0.05) is 20.8 Å². The van der Waals surface area contributed by atoms with Crippen molar-refractivity contribution in [3.63, 3.8) is 0 Å². The molecule has 116 valence electrons. The molecule has 0 atom stereocenters. The van der Waals surface area contributed by atoms with Crippen LogP contribution in [-0.4, -0.2) is 29.8 Å². The lowest BCUT2D eigenvalue weighted by Gasteiger charge is -2.22. The van der Waals surface area contributed by atoms with E-state index in [0.29, 0.717) is 18.7 Å². The summed E-state index contributed by atoms with van der Waals surface area (Å²) in [5.41, 5.74) is 0.972. The Bertz CT molecular complexity index is 488. The van der Waals surface area contributed by atoms with Crippen molar-refractivity contribution in [3.8, 4) is 0 Å². The summed E-state index contributed by atoms with van der Waals surface area (Å²) in [6, 6.07) is 7.07. The van der Waals surface area contributed by atoms with Gasteiger partial charge in [0.05, 0.1) is 0 Å². The molecule has 1 aromatic rings. The average molecular weight is 290 g/mol. The molecule has 1 aromatic carbocycles. The van der Waals surface area contributed by atoms with Crippen LogP contribution >= 0.6 is 0 Å². The van der Waals surface area contributed by atoms with E-state index in [2.05, 4.69) is 5.32 Å². The van der Waals surface area contributed by atoms with Gasteiger partial charge in [-0.15, -0.1) is 0 Å². The molecule has 0 aliphatic carbocycles. The second-order valence-electron chi connectivity index (χ2n) is 5.75. The van der Waals surface area contributed by atoms with Crippen molar-refractivity contribution >= 4 is 17.5 Å². The van der Waals surface area contributed by atoms with Crippen LogP contribution in [-0.2, 0) is 4.79 Å². The second kappa shape index (κ2) is 7.25. The summed E-state index contributed by atoms with van der Waals surface area (Å²) in [4.78, 5) is 26.1. The van der Waals surface area contributed by atoms with E-state index in [9.17, 15) is 9.59 Å². The molecule has 21 heavy (non-hydrogen) atoms. The fourth-order valence-corrected chi connectivity index (χ4v) is 1.85. The molecule has 0 aliphatic heterocycles. The van der Waals surface area contributed by atoms with Gasteiger partial charge in [-0.05, 0) is 44.5 Å². The minimum absolute atomic E-state index is 0.00665. The van der Waals surface area contributed by atoms with Crippen LogP contribution in [0.2, 0.25) is 0 Å². The Labute approximate surface area is 127 Å². The molecule has 0 aliphatic rings. The first-order valence-corrected chi connectivity index (χ1v) is 7.56. The zero-order chi connectivity index (χ0) is 16.0. The highest BCUT2D eigenvalue weighted by Gasteiger charge is 2.25. The number of nitrogens with one attached hydrogen (secondary N) is 1. The summed E-state index contributed by atoms with van der Waals surface area (Å²) in [6.45, 7) is 11.1. The molecule has 0 unspecified atom stereocenters. The van der Waals surface area contributed by atoms with Gasteiger partial charge in [0.1, 0.15) is 0 Å². The summed E-state index contributed by atoms with van der Waals surface area (Å²) in [5, 5.41) is 2.89. The molecule has 0 aromatic heterocycles. The molecule has 4 heteroatoms. The van der Waals surface area contributed by atoms with Crippen LogP contribution in [0.25, 0.3) is 0 Å². The number of benzene rings is 1. The number of hydrogen-bond acceptors (Lipinski definition) is 2. The maximum Gasteiger partial charge on any atom is 0.253 e. The highest BCUT2D eigenvalue weighted by Crippen LogP contribution is 2.22. The van der Waals surface area contributed by atoms with Crippen molar-refractivity contribution < 1.29 is 9.59 Å². The van der Waals surface area contributed by atoms with E-state index in [4.69, 9.17) is 0 Å². The zero-order valence-corrected chi connectivity index (χ0v) is 13.7. The smallest absolute Gasteiger partial charge is 0.253 e. The van der Waals surface area contributed by atoms with Crippen molar-refractivity contribution in [2.75, 3.05) is 18.4 Å². The van der Waals surface area contributed by atoms with Crippen LogP contribution in [0.15, 0.2) is 24.3 Å². The third-order valence-electron chi connectivity index (χ3n) is 3.94. The Morgan fingerprint density at radius 1 is 1.05 bits per heavy atom. The Balaban J connectivity index is 2.79. The predicted molar refractivity (Wildman–Crippen MR) is 86.4 cm³/mol. The molecule has 0 radical (unpaired) electrons. The molecule has 4 nitrogen and oxygen atoms in total. The largest absolute Gasteiger partial charge is 0.339 e. The molecule has 0 heterocycles. The van der Waals surface area contributed by atoms with Gasteiger partial charge in [-0.3, -0.25) is 9.59 Å². The number of amides is 2. The molecule has 0 fully saturated rings. The topological polar surface area (TPSA) is 49.4 Å². The SMILES string of the molecule is CCN(CC)C(=O)c1ccc(NC(=O)C(C)(C)CC)cc1. The minimum atomic E-state index is -0.393. The average Bonchev–Trinajstić information content (AvgIpc) is 2.49. The van der Waals surface area contributed by atoms with Gasteiger partial charge in [0.2, 0.25) is 5.91 Å². The molecule has 1 N–H and O–H groups in total. The van der Waals surface area contributed by atoms with Crippen LogP contribution in [0.5, 0.6) is 0 Å². The van der Waals surface area contributed by atoms with E-state index >= 15 is 0 Å². The lowest BCUT2D eigenvalue weighted by molar-refractivity contribution is -0.124. The van der Waals surface area contributed by atoms with E-state index < -0.39 is 5.41 Å². The highest BCUT2D eigenvalue weighted by atomic mass is 16.2. The van der Waals surface area contributed by atoms with E-state index in [1.165, 1.54) is 0 Å². The molecular weight excluding hydrogens is 264 g/mol. The molecule has 1 rings (SSSR count). The molecule has 0 bridgehead atoms. The maximum atomic E-state index is 12.2. The van der Waals surface area contributed by atoms with Crippen molar-refractivity contribution in [2.45, 2.75) is 41.0 Å². The standard InChI is InChI=1S/C17H26N2O2/c1-6-17(4,5)16(21)18-14-11-9-13(10-12-14)15(20)19(7-2)8-3/h9-12H,6-8H2,1-5H3,(H,18,21). The molecule has 0 spiro atoms. The van der Waals surface area contributed by atoms with Crippen LogP contribution < -0.4 is 5.32 Å². The monoisotopic (exact) mass is 290 g/mol. The first-order chi connectivity index (χ1) is 9.85. The van der Waals surface area contributed by atoms with E-state index in [1.54, 1.807) is 29.2 Å². The fraction of sp³-hybridized carbons (Fsp3) is 0.529. The fourth-order valence-electron chi connectivity index (χ4n) is 1.85. The number of nitrogens with zero attached hydrogens (tertiary/aromatic N) is 1. The van der Waals surface area contributed by atoms with Crippen LogP contribution in [0.3, 0.4) is 0 Å². The van der Waals surface area contributed by atoms with Gasteiger partial charge < -0.3 is 10.2 Å². The van der Waals surface area contributed by atoms with E-state index in [0.717, 1.165) is 12.1 Å². The third-order valence-corrected chi connectivity index (χ3v) is 3.94. The van der Waals surface area contributed by atoms with Gasteiger partial charge in [0.15, 0.2) is 0 Å². The summed E-state index contributed by atoms with van der Waals surface area (Å²) < 4.78 is 0. The summed E-state index contributed by atoms with van der Waals surface area (Å²) >= 11 is 0. The van der Waals surface area contributed by atoms with Crippen molar-refractivity contribution in [3.05, 3.63) is 29.8 Å². The Morgan fingerprint density at radius 2 is 1.57 bits per heavy atom. The van der Waals surface area contributed by atoms with E-state index in [1.807, 2.05) is 34.6 Å². The Hall–Kier alpha value is -1.84. The summed E-state index contributed by atoms with van der Waals surface area (Å²) in [7, 11) is 0. The summed E-state index contributed by atoms with van der Waals surface area (Å²) in [6.07, 6.45) is 0.775. The first-order valence-electron chi connectivity index (χ1n) is 7.56. The van der Waals surface area contributed by atoms with Gasteiger partial charge in [-0.2, -0.15) is 0 Å². The van der Waals surface area contributed by atoms with Crippen molar-refractivity contribution in [2.24, 2.45) is 5.41 Å². The highest BCUT2D eigenvalue weighted by molar-refractivity contribution is 5.97. The predicted octanol–water partition coefficient (Wildman–Crippen LogP) is 3.54. The molecule has 2 amide bonds. The first kappa shape index (κ1) is 17.2. The number of carbonyl (C=O) groups is 2. The van der Waals surface area contributed by atoms with Gasteiger partial charge in [-0.25, -0.2) is 0 Å². The van der Waals surface area contributed by atoms with Crippen LogP contribution in [0, 0.1) is 5.41 Å². The Morgan fingerprint density at radius 3 is 2.00 bits per heavy atom. The number of anilines is 1. The lowest BCUT2D eigenvalue weighted by atomic mass is 9.89. The van der Waals surface area contributed by atoms with Crippen molar-refractivity contribution in [1.29, 1.82) is 0 Å². The lowest BCUT2D eigenvalue weighted by Crippen LogP contribution is -2.31. The van der Waals surface area contributed by atoms with Gasteiger partial charge >= 0.3 is 0 Å². The second-order valence-corrected chi connectivity index (χ2v) is 5.75. The Kier molecular flexibility index (Phi) is 5.94. The van der Waals surface area contributed by atoms with Crippen LogP contribution in [0.4, 0.5) is 5.69 Å². The normalized spacial score (nSPS) is 11.1. The van der Waals surface area contributed by atoms with Gasteiger partial charge in [0, 0.05) is 29.8 Å². The quantitative estimate of drug-likeness (QED) is 0.871.